The summed E-state index contributed by atoms with van der Waals surface area (Å²) < 4.78 is 5.35. The van der Waals surface area contributed by atoms with Gasteiger partial charge in [0.05, 0.1) is 18.6 Å². The predicted octanol–water partition coefficient (Wildman–Crippen LogP) is 0.999. The summed E-state index contributed by atoms with van der Waals surface area (Å²) >= 11 is 0. The maximum Gasteiger partial charge on any atom is 0.232 e. The third kappa shape index (κ3) is 2.33. The topological polar surface area (TPSA) is 55.6 Å². The van der Waals surface area contributed by atoms with Crippen molar-refractivity contribution in [3.05, 3.63) is 0 Å². The second-order valence-electron chi connectivity index (χ2n) is 5.73. The van der Waals surface area contributed by atoms with E-state index in [1.165, 1.54) is 12.8 Å². The van der Waals surface area contributed by atoms with E-state index in [0.29, 0.717) is 19.1 Å². The lowest BCUT2D eigenvalue weighted by Crippen LogP contribution is -2.50. The molecule has 98 valence electrons. The average Bonchev–Trinajstić information content (AvgIpc) is 2.88. The summed E-state index contributed by atoms with van der Waals surface area (Å²) in [6.07, 6.45) is 3.57. The molecule has 0 aromatic rings. The molecule has 2 aliphatic heterocycles. The fourth-order valence-corrected chi connectivity index (χ4v) is 2.93. The van der Waals surface area contributed by atoms with Gasteiger partial charge < -0.3 is 15.4 Å². The monoisotopic (exact) mass is 240 g/mol. The number of amides is 1. The van der Waals surface area contributed by atoms with Crippen LogP contribution in [0.3, 0.4) is 0 Å². The van der Waals surface area contributed by atoms with E-state index < -0.39 is 5.41 Å². The van der Waals surface area contributed by atoms with E-state index in [1.54, 1.807) is 0 Å². The number of likely N-dealkylation sites (tertiary alicyclic amines) is 1. The zero-order valence-electron chi connectivity index (χ0n) is 10.9. The van der Waals surface area contributed by atoms with Crippen molar-refractivity contribution in [3.63, 3.8) is 0 Å². The summed E-state index contributed by atoms with van der Waals surface area (Å²) in [5, 5.41) is 0. The highest BCUT2D eigenvalue weighted by Gasteiger charge is 2.47. The Hall–Kier alpha value is -0.610. The van der Waals surface area contributed by atoms with Crippen LogP contribution in [-0.4, -0.2) is 43.2 Å². The standard InChI is InChI=1S/C13H24N2O2/c1-3-4-10-5-6-15(7-10)12(16)13(2)9-17-8-11(13)14/h10-11H,3-9,14H2,1-2H3. The molecule has 17 heavy (non-hydrogen) atoms. The van der Waals surface area contributed by atoms with Crippen LogP contribution < -0.4 is 5.73 Å². The van der Waals surface area contributed by atoms with Gasteiger partial charge in [-0.3, -0.25) is 4.79 Å². The minimum Gasteiger partial charge on any atom is -0.379 e. The van der Waals surface area contributed by atoms with Gasteiger partial charge in [0.2, 0.25) is 5.91 Å². The Morgan fingerprint density at radius 3 is 2.94 bits per heavy atom. The zero-order chi connectivity index (χ0) is 12.5. The molecule has 2 heterocycles. The first-order chi connectivity index (χ1) is 8.08. The molecule has 0 aromatic heterocycles. The van der Waals surface area contributed by atoms with Crippen molar-refractivity contribution in [3.8, 4) is 0 Å². The summed E-state index contributed by atoms with van der Waals surface area (Å²) in [4.78, 5) is 14.5. The number of rotatable bonds is 3. The van der Waals surface area contributed by atoms with Crippen LogP contribution in [-0.2, 0) is 9.53 Å². The van der Waals surface area contributed by atoms with Crippen LogP contribution >= 0.6 is 0 Å². The van der Waals surface area contributed by atoms with Gasteiger partial charge >= 0.3 is 0 Å². The van der Waals surface area contributed by atoms with Crippen LogP contribution in [0.4, 0.5) is 0 Å². The minimum atomic E-state index is -0.499. The molecule has 2 rings (SSSR count). The largest absolute Gasteiger partial charge is 0.379 e. The van der Waals surface area contributed by atoms with Crippen LogP contribution in [0.15, 0.2) is 0 Å². The lowest BCUT2D eigenvalue weighted by atomic mass is 9.84. The van der Waals surface area contributed by atoms with Gasteiger partial charge in [0.1, 0.15) is 0 Å². The third-order valence-electron chi connectivity index (χ3n) is 4.28. The van der Waals surface area contributed by atoms with Gasteiger partial charge in [-0.1, -0.05) is 13.3 Å². The first kappa shape index (κ1) is 12.8. The molecule has 4 nitrogen and oxygen atoms in total. The predicted molar refractivity (Wildman–Crippen MR) is 66.5 cm³/mol. The van der Waals surface area contributed by atoms with Crippen molar-refractivity contribution in [2.45, 2.75) is 39.2 Å². The molecule has 0 aliphatic carbocycles. The Balaban J connectivity index is 1.97. The van der Waals surface area contributed by atoms with E-state index in [2.05, 4.69) is 6.92 Å². The van der Waals surface area contributed by atoms with Gasteiger partial charge in [0, 0.05) is 19.1 Å². The van der Waals surface area contributed by atoms with Crippen molar-refractivity contribution in [2.75, 3.05) is 26.3 Å². The van der Waals surface area contributed by atoms with Gasteiger partial charge in [0.15, 0.2) is 0 Å². The second kappa shape index (κ2) is 4.94. The quantitative estimate of drug-likeness (QED) is 0.800. The maximum atomic E-state index is 12.5. The average molecular weight is 240 g/mol. The first-order valence-electron chi connectivity index (χ1n) is 6.70. The number of hydrogen-bond donors (Lipinski definition) is 1. The summed E-state index contributed by atoms with van der Waals surface area (Å²) in [5.74, 6) is 0.882. The highest BCUT2D eigenvalue weighted by Crippen LogP contribution is 2.32. The molecule has 2 aliphatic rings. The van der Waals surface area contributed by atoms with E-state index in [1.807, 2.05) is 11.8 Å². The van der Waals surface area contributed by atoms with E-state index in [0.717, 1.165) is 19.5 Å². The van der Waals surface area contributed by atoms with Crippen LogP contribution in [0.25, 0.3) is 0 Å². The molecule has 0 saturated carbocycles. The van der Waals surface area contributed by atoms with E-state index in [-0.39, 0.29) is 11.9 Å². The van der Waals surface area contributed by atoms with E-state index in [4.69, 9.17) is 10.5 Å². The fourth-order valence-electron chi connectivity index (χ4n) is 2.93. The molecular formula is C13H24N2O2. The van der Waals surface area contributed by atoms with Crippen molar-refractivity contribution in [1.82, 2.24) is 4.90 Å². The Morgan fingerprint density at radius 1 is 1.59 bits per heavy atom. The molecular weight excluding hydrogens is 216 g/mol. The Kier molecular flexibility index (Phi) is 3.73. The number of hydrogen-bond acceptors (Lipinski definition) is 3. The Morgan fingerprint density at radius 2 is 2.35 bits per heavy atom. The van der Waals surface area contributed by atoms with Crippen molar-refractivity contribution < 1.29 is 9.53 Å². The van der Waals surface area contributed by atoms with Crippen molar-refractivity contribution >= 4 is 5.91 Å². The number of ether oxygens (including phenoxy) is 1. The molecule has 2 fully saturated rings. The van der Waals surface area contributed by atoms with Gasteiger partial charge in [0.25, 0.3) is 0 Å². The van der Waals surface area contributed by atoms with E-state index >= 15 is 0 Å². The van der Waals surface area contributed by atoms with Crippen molar-refractivity contribution in [2.24, 2.45) is 17.1 Å². The fraction of sp³-hybridized carbons (Fsp3) is 0.923. The van der Waals surface area contributed by atoms with Gasteiger partial charge in [-0.05, 0) is 25.7 Å². The molecule has 2 N–H and O–H groups in total. The van der Waals surface area contributed by atoms with Crippen LogP contribution in [0.2, 0.25) is 0 Å². The molecule has 1 amide bonds. The Labute approximate surface area is 103 Å². The van der Waals surface area contributed by atoms with E-state index in [9.17, 15) is 4.79 Å². The highest BCUT2D eigenvalue weighted by molar-refractivity contribution is 5.84. The second-order valence-corrected chi connectivity index (χ2v) is 5.73. The summed E-state index contributed by atoms with van der Waals surface area (Å²) in [6, 6.07) is -0.153. The zero-order valence-corrected chi connectivity index (χ0v) is 10.9. The maximum absolute atomic E-state index is 12.5. The summed E-state index contributed by atoms with van der Waals surface area (Å²) in [7, 11) is 0. The molecule has 2 saturated heterocycles. The molecule has 3 unspecified atom stereocenters. The molecule has 0 spiro atoms. The molecule has 0 radical (unpaired) electrons. The number of nitrogens with zero attached hydrogens (tertiary/aromatic N) is 1. The molecule has 0 bridgehead atoms. The molecule has 3 atom stereocenters. The lowest BCUT2D eigenvalue weighted by molar-refractivity contribution is -0.140. The van der Waals surface area contributed by atoms with Crippen LogP contribution in [0.5, 0.6) is 0 Å². The smallest absolute Gasteiger partial charge is 0.232 e. The molecule has 4 heteroatoms. The third-order valence-corrected chi connectivity index (χ3v) is 4.28. The number of carbonyl (C=O) groups excluding carboxylic acids is 1. The minimum absolute atomic E-state index is 0.153. The SMILES string of the molecule is CCCC1CCN(C(=O)C2(C)COCC2N)C1. The van der Waals surface area contributed by atoms with Gasteiger partial charge in [-0.2, -0.15) is 0 Å². The lowest BCUT2D eigenvalue weighted by Gasteiger charge is -2.30. The summed E-state index contributed by atoms with van der Waals surface area (Å²) in [5.41, 5.74) is 5.50. The highest BCUT2D eigenvalue weighted by atomic mass is 16.5. The number of carbonyl (C=O) groups is 1. The first-order valence-corrected chi connectivity index (χ1v) is 6.70. The van der Waals surface area contributed by atoms with Crippen LogP contribution in [0.1, 0.15) is 33.1 Å². The normalized spacial score (nSPS) is 37.7. The van der Waals surface area contributed by atoms with Crippen LogP contribution in [0, 0.1) is 11.3 Å². The Bertz CT molecular complexity index is 295. The van der Waals surface area contributed by atoms with Gasteiger partial charge in [-0.25, -0.2) is 0 Å². The van der Waals surface area contributed by atoms with Gasteiger partial charge in [-0.15, -0.1) is 0 Å². The van der Waals surface area contributed by atoms with Crippen molar-refractivity contribution in [1.29, 1.82) is 0 Å². The molecule has 0 aromatic carbocycles. The summed E-state index contributed by atoms with van der Waals surface area (Å²) in [6.45, 7) is 6.93. The number of nitrogens with two attached hydrogens (primary N) is 1.